The Balaban J connectivity index is 1.21. The lowest BCUT2D eigenvalue weighted by Crippen LogP contribution is -2.39. The van der Waals surface area contributed by atoms with E-state index in [0.717, 1.165) is 16.7 Å². The first-order valence-electron chi connectivity index (χ1n) is 18.7. The van der Waals surface area contributed by atoms with E-state index in [1.807, 2.05) is 84.9 Å². The number of fused-ring (bicyclic) bond motifs is 1. The number of aromatic nitrogens is 4. The van der Waals surface area contributed by atoms with Crippen LogP contribution in [0.15, 0.2) is 120 Å². The van der Waals surface area contributed by atoms with Crippen molar-refractivity contribution in [1.82, 2.24) is 19.5 Å². The van der Waals surface area contributed by atoms with Gasteiger partial charge in [0.25, 0.3) is 11.5 Å². The van der Waals surface area contributed by atoms with Gasteiger partial charge in [-0.25, -0.2) is 4.98 Å². The van der Waals surface area contributed by atoms with Crippen LogP contribution < -0.4 is 25.1 Å². The van der Waals surface area contributed by atoms with Crippen LogP contribution in [0.3, 0.4) is 0 Å². The molecule has 0 unspecified atom stereocenters. The number of methoxy groups -OCH3 is 2. The van der Waals surface area contributed by atoms with Crippen LogP contribution >= 0.6 is 0 Å². The van der Waals surface area contributed by atoms with Crippen LogP contribution in [0.25, 0.3) is 11.2 Å². The van der Waals surface area contributed by atoms with Crippen LogP contribution in [0, 0.1) is 0 Å². The van der Waals surface area contributed by atoms with E-state index in [2.05, 4.69) is 20.3 Å². The van der Waals surface area contributed by atoms with E-state index in [4.69, 9.17) is 28.4 Å². The van der Waals surface area contributed by atoms with Crippen molar-refractivity contribution in [2.75, 3.05) is 32.8 Å². The molecule has 3 atom stereocenters. The van der Waals surface area contributed by atoms with Crippen molar-refractivity contribution in [3.63, 3.8) is 0 Å². The number of carboxylic acids is 1. The van der Waals surface area contributed by atoms with E-state index in [9.17, 15) is 24.3 Å². The van der Waals surface area contributed by atoms with Gasteiger partial charge in [-0.3, -0.25) is 34.0 Å². The van der Waals surface area contributed by atoms with Gasteiger partial charge in [0.15, 0.2) is 17.8 Å². The normalized spacial score (nSPS) is 16.3. The number of aromatic amines is 1. The fourth-order valence-electron chi connectivity index (χ4n) is 6.89. The Bertz CT molecular complexity index is 2390. The number of carbonyl (C=O) groups is 3. The molecular weight excluding hydrogens is 762 g/mol. The highest BCUT2D eigenvalue weighted by Crippen LogP contribution is 2.43. The number of nitrogens with zero attached hydrogens (tertiary/aromatic N) is 3. The number of esters is 1. The number of imidazole rings is 1. The highest BCUT2D eigenvalue weighted by molar-refractivity contribution is 5.90. The summed E-state index contributed by atoms with van der Waals surface area (Å²) in [5, 5.41) is 11.8. The molecule has 16 heteroatoms. The molecule has 4 aromatic carbocycles. The maximum atomic E-state index is 13.1. The lowest BCUT2D eigenvalue weighted by molar-refractivity contribution is -0.157. The summed E-state index contributed by atoms with van der Waals surface area (Å²) < 4.78 is 37.5. The van der Waals surface area contributed by atoms with Crippen LogP contribution in [0.2, 0.25) is 0 Å². The minimum atomic E-state index is -1.24. The van der Waals surface area contributed by atoms with Crippen LogP contribution in [0.4, 0.5) is 5.95 Å². The molecule has 3 N–H and O–H groups in total. The van der Waals surface area contributed by atoms with Crippen molar-refractivity contribution in [1.29, 1.82) is 0 Å². The predicted molar refractivity (Wildman–Crippen MR) is 212 cm³/mol. The number of para-hydroxylation sites is 1. The monoisotopic (exact) mass is 803 g/mol. The molecule has 304 valence electrons. The van der Waals surface area contributed by atoms with Gasteiger partial charge in [0, 0.05) is 6.42 Å². The molecule has 59 heavy (non-hydrogen) atoms. The number of rotatable bonds is 17. The van der Waals surface area contributed by atoms with Gasteiger partial charge in [-0.05, 0) is 53.1 Å². The molecule has 6 aromatic rings. The lowest BCUT2D eigenvalue weighted by atomic mass is 9.80. The standard InChI is InChI=1S/C43H41N5O11/c1-54-30-17-13-28(14-18-30)43(27-9-5-3-6-10-27,29-15-19-31(55-2)20-16-29)57-24-34-33(59-38(52)22-21-37(50)51)23-36(58-34)48-26-44-39-40(48)46-42(47-41(39)53)45-35(49)25-56-32-11-7-4-8-12-32/h3-20,26,33-34,36H,21-25H2,1-2H3,(H,50,51)(H2,45,46,47,49,53)/t33-,34+,36+/m0/s1. The number of anilines is 1. The van der Waals surface area contributed by atoms with Crippen LogP contribution in [-0.2, 0) is 34.2 Å². The molecule has 0 spiro atoms. The Morgan fingerprint density at radius 3 is 2.07 bits per heavy atom. The summed E-state index contributed by atoms with van der Waals surface area (Å²) in [5.41, 5.74) is 0.503. The number of aliphatic carboxylic acids is 1. The maximum absolute atomic E-state index is 13.1. The zero-order valence-corrected chi connectivity index (χ0v) is 32.1. The minimum absolute atomic E-state index is 0.0241. The van der Waals surface area contributed by atoms with E-state index in [1.54, 1.807) is 38.5 Å². The lowest BCUT2D eigenvalue weighted by Gasteiger charge is -2.37. The number of hydrogen-bond donors (Lipinski definition) is 3. The van der Waals surface area contributed by atoms with Gasteiger partial charge in [0.2, 0.25) is 5.95 Å². The van der Waals surface area contributed by atoms with E-state index in [-0.39, 0.29) is 43.2 Å². The van der Waals surface area contributed by atoms with Gasteiger partial charge in [-0.2, -0.15) is 4.98 Å². The van der Waals surface area contributed by atoms with Crippen LogP contribution in [0.1, 0.15) is 42.2 Å². The Morgan fingerprint density at radius 2 is 1.46 bits per heavy atom. The zero-order chi connectivity index (χ0) is 41.4. The maximum Gasteiger partial charge on any atom is 0.306 e. The average Bonchev–Trinajstić information content (AvgIpc) is 3.87. The fraction of sp³-hybridized carbons (Fsp3) is 0.256. The van der Waals surface area contributed by atoms with Gasteiger partial charge in [-0.15, -0.1) is 0 Å². The van der Waals surface area contributed by atoms with Gasteiger partial charge in [0.05, 0.1) is 40.0 Å². The van der Waals surface area contributed by atoms with Gasteiger partial charge >= 0.3 is 11.9 Å². The highest BCUT2D eigenvalue weighted by atomic mass is 16.6. The highest BCUT2D eigenvalue weighted by Gasteiger charge is 2.44. The summed E-state index contributed by atoms with van der Waals surface area (Å²) in [6, 6.07) is 33.3. The van der Waals surface area contributed by atoms with E-state index < -0.39 is 53.9 Å². The summed E-state index contributed by atoms with van der Waals surface area (Å²) >= 11 is 0. The molecule has 1 aliphatic rings. The zero-order valence-electron chi connectivity index (χ0n) is 32.1. The average molecular weight is 804 g/mol. The Labute approximate surface area is 337 Å². The third-order valence-electron chi connectivity index (χ3n) is 9.76. The molecule has 7 rings (SSSR count). The van der Waals surface area contributed by atoms with Crippen molar-refractivity contribution in [3.05, 3.63) is 143 Å². The smallest absolute Gasteiger partial charge is 0.306 e. The van der Waals surface area contributed by atoms with Crippen molar-refractivity contribution in [3.8, 4) is 17.2 Å². The van der Waals surface area contributed by atoms with Crippen molar-refractivity contribution in [2.24, 2.45) is 0 Å². The third kappa shape index (κ3) is 9.08. The van der Waals surface area contributed by atoms with Crippen LogP contribution in [0.5, 0.6) is 17.2 Å². The summed E-state index contributed by atoms with van der Waals surface area (Å²) in [6.07, 6.45) is -2.10. The molecule has 2 aromatic heterocycles. The molecular formula is C43H41N5O11. The first-order valence-corrected chi connectivity index (χ1v) is 18.7. The number of carboxylic acid groups (broad SMARTS) is 1. The SMILES string of the molecule is COc1ccc(C(OC[C@H]2O[C@@H](n3cnc4c(=O)[nH]c(NC(=O)COc5ccccc5)nc43)C[C@@H]2OC(=O)CCC(=O)O)(c2ccccc2)c2ccc(OC)cc2)cc1. The number of hydrogen-bond acceptors (Lipinski definition) is 12. The number of carbonyl (C=O) groups excluding carboxylic acids is 2. The van der Waals surface area contributed by atoms with Crippen LogP contribution in [-0.4, -0.2) is 82.1 Å². The quantitative estimate of drug-likeness (QED) is 0.0800. The first kappa shape index (κ1) is 40.2. The summed E-state index contributed by atoms with van der Waals surface area (Å²) in [5.74, 6) is -0.827. The van der Waals surface area contributed by atoms with E-state index in [0.29, 0.717) is 17.2 Å². The Morgan fingerprint density at radius 1 is 0.847 bits per heavy atom. The topological polar surface area (TPSA) is 202 Å². The predicted octanol–water partition coefficient (Wildman–Crippen LogP) is 5.23. The first-order chi connectivity index (χ1) is 28.7. The van der Waals surface area contributed by atoms with E-state index in [1.165, 1.54) is 10.9 Å². The molecule has 1 amide bonds. The van der Waals surface area contributed by atoms with Gasteiger partial charge in [-0.1, -0.05) is 72.8 Å². The van der Waals surface area contributed by atoms with Crippen molar-refractivity contribution >= 4 is 35.0 Å². The number of ether oxygens (including phenoxy) is 6. The summed E-state index contributed by atoms with van der Waals surface area (Å²) in [7, 11) is 3.17. The second kappa shape index (κ2) is 18.0. The second-order valence-electron chi connectivity index (χ2n) is 13.5. The molecule has 0 aliphatic carbocycles. The molecule has 16 nitrogen and oxygen atoms in total. The number of amides is 1. The molecule has 1 aliphatic heterocycles. The molecule has 3 heterocycles. The molecule has 1 saturated heterocycles. The fourth-order valence-corrected chi connectivity index (χ4v) is 6.89. The van der Waals surface area contributed by atoms with Crippen molar-refractivity contribution in [2.45, 2.75) is 43.3 Å². The minimum Gasteiger partial charge on any atom is -0.497 e. The number of H-pyrrole nitrogens is 1. The number of nitrogens with one attached hydrogen (secondary N) is 2. The summed E-state index contributed by atoms with van der Waals surface area (Å²) in [4.78, 5) is 61.5. The second-order valence-corrected chi connectivity index (χ2v) is 13.5. The Kier molecular flexibility index (Phi) is 12.3. The largest absolute Gasteiger partial charge is 0.497 e. The number of benzene rings is 4. The van der Waals surface area contributed by atoms with E-state index >= 15 is 0 Å². The molecule has 0 saturated carbocycles. The summed E-state index contributed by atoms with van der Waals surface area (Å²) in [6.45, 7) is -0.478. The third-order valence-corrected chi connectivity index (χ3v) is 9.76. The van der Waals surface area contributed by atoms with Gasteiger partial charge in [0.1, 0.15) is 41.3 Å². The van der Waals surface area contributed by atoms with Gasteiger partial charge < -0.3 is 33.5 Å². The molecule has 1 fully saturated rings. The van der Waals surface area contributed by atoms with Crippen molar-refractivity contribution < 1.29 is 47.9 Å². The molecule has 0 bridgehead atoms. The Hall–Kier alpha value is -7.04. The molecule has 0 radical (unpaired) electrons.